The minimum atomic E-state index is -0.388. The first kappa shape index (κ1) is 16.7. The van der Waals surface area contributed by atoms with E-state index in [-0.39, 0.29) is 11.9 Å². The van der Waals surface area contributed by atoms with E-state index in [1.54, 1.807) is 12.1 Å². The number of likely N-dealkylation sites (N-methyl/N-ethyl adjacent to an activating group) is 1. The molecule has 0 radical (unpaired) electrons. The minimum Gasteiger partial charge on any atom is -0.465 e. The molecule has 24 heavy (non-hydrogen) atoms. The SMILES string of the molecule is CCN1CCc2c(sc(NC(=O)c3ccccc3)c2C(=O)OC)C1. The Hall–Kier alpha value is -2.18. The van der Waals surface area contributed by atoms with Gasteiger partial charge in [-0.3, -0.25) is 9.69 Å². The maximum Gasteiger partial charge on any atom is 0.341 e. The van der Waals surface area contributed by atoms with Gasteiger partial charge in [-0.25, -0.2) is 4.79 Å². The summed E-state index contributed by atoms with van der Waals surface area (Å²) in [6.07, 6.45) is 0.797. The van der Waals surface area contributed by atoms with Crippen LogP contribution in [-0.2, 0) is 17.7 Å². The van der Waals surface area contributed by atoms with E-state index in [0.29, 0.717) is 16.1 Å². The molecule has 2 heterocycles. The number of nitrogens with zero attached hydrogens (tertiary/aromatic N) is 1. The predicted molar refractivity (Wildman–Crippen MR) is 94.7 cm³/mol. The van der Waals surface area contributed by atoms with Crippen LogP contribution in [0, 0.1) is 0 Å². The molecule has 5 nitrogen and oxygen atoms in total. The molecule has 0 atom stereocenters. The largest absolute Gasteiger partial charge is 0.465 e. The average Bonchev–Trinajstić information content (AvgIpc) is 2.98. The molecule has 0 unspecified atom stereocenters. The third-order valence-electron chi connectivity index (χ3n) is 4.24. The molecule has 0 fully saturated rings. The van der Waals surface area contributed by atoms with E-state index < -0.39 is 0 Å². The summed E-state index contributed by atoms with van der Waals surface area (Å²) in [5, 5.41) is 3.47. The lowest BCUT2D eigenvalue weighted by Gasteiger charge is -2.25. The molecule has 0 bridgehead atoms. The van der Waals surface area contributed by atoms with Crippen molar-refractivity contribution >= 4 is 28.2 Å². The Balaban J connectivity index is 1.94. The first-order valence-corrected chi connectivity index (χ1v) is 8.77. The fraction of sp³-hybridized carbons (Fsp3) is 0.333. The summed E-state index contributed by atoms with van der Waals surface area (Å²) < 4.78 is 4.94. The Labute approximate surface area is 145 Å². The molecule has 1 N–H and O–H groups in total. The summed E-state index contributed by atoms with van der Waals surface area (Å²) in [4.78, 5) is 28.2. The number of hydrogen-bond donors (Lipinski definition) is 1. The number of anilines is 1. The second-order valence-corrected chi connectivity index (χ2v) is 6.74. The van der Waals surface area contributed by atoms with Crippen molar-refractivity contribution in [3.63, 3.8) is 0 Å². The number of benzene rings is 1. The number of nitrogens with one attached hydrogen (secondary N) is 1. The summed E-state index contributed by atoms with van der Waals surface area (Å²) in [5.74, 6) is -0.604. The van der Waals surface area contributed by atoms with Crippen molar-refractivity contribution < 1.29 is 14.3 Å². The van der Waals surface area contributed by atoms with Gasteiger partial charge in [-0.1, -0.05) is 25.1 Å². The first-order valence-electron chi connectivity index (χ1n) is 7.95. The van der Waals surface area contributed by atoms with Gasteiger partial charge >= 0.3 is 5.97 Å². The Morgan fingerprint density at radius 3 is 2.71 bits per heavy atom. The highest BCUT2D eigenvalue weighted by molar-refractivity contribution is 7.17. The molecule has 3 rings (SSSR count). The van der Waals surface area contributed by atoms with E-state index in [4.69, 9.17) is 4.74 Å². The molecule has 0 spiro atoms. The Morgan fingerprint density at radius 2 is 2.04 bits per heavy atom. The number of esters is 1. The van der Waals surface area contributed by atoms with Gasteiger partial charge in [-0.05, 0) is 30.7 Å². The average molecular weight is 344 g/mol. The highest BCUT2D eigenvalue weighted by atomic mass is 32.1. The van der Waals surface area contributed by atoms with Gasteiger partial charge in [0.25, 0.3) is 5.91 Å². The molecular formula is C18H20N2O3S. The van der Waals surface area contributed by atoms with E-state index >= 15 is 0 Å². The molecule has 126 valence electrons. The zero-order valence-electron chi connectivity index (χ0n) is 13.8. The summed E-state index contributed by atoms with van der Waals surface area (Å²) in [5.41, 5.74) is 2.09. The van der Waals surface area contributed by atoms with Crippen molar-refractivity contribution in [3.8, 4) is 0 Å². The van der Waals surface area contributed by atoms with Crippen molar-refractivity contribution in [1.82, 2.24) is 4.90 Å². The molecule has 1 amide bonds. The molecule has 0 saturated heterocycles. The summed E-state index contributed by atoms with van der Waals surface area (Å²) in [6, 6.07) is 8.99. The predicted octanol–water partition coefficient (Wildman–Crippen LogP) is 3.17. The van der Waals surface area contributed by atoms with Crippen LogP contribution in [0.2, 0.25) is 0 Å². The number of hydrogen-bond acceptors (Lipinski definition) is 5. The zero-order valence-corrected chi connectivity index (χ0v) is 14.6. The maximum atomic E-state index is 12.4. The molecular weight excluding hydrogens is 324 g/mol. The normalized spacial score (nSPS) is 14.1. The number of carbonyl (C=O) groups excluding carboxylic acids is 2. The summed E-state index contributed by atoms with van der Waals surface area (Å²) >= 11 is 1.47. The van der Waals surface area contributed by atoms with Crippen molar-refractivity contribution in [2.45, 2.75) is 19.9 Å². The van der Waals surface area contributed by atoms with Crippen molar-refractivity contribution in [1.29, 1.82) is 0 Å². The van der Waals surface area contributed by atoms with Gasteiger partial charge in [0.05, 0.1) is 12.7 Å². The summed E-state index contributed by atoms with van der Waals surface area (Å²) in [7, 11) is 1.37. The highest BCUT2D eigenvalue weighted by Gasteiger charge is 2.28. The number of fused-ring (bicyclic) bond motifs is 1. The number of rotatable bonds is 4. The van der Waals surface area contributed by atoms with Gasteiger partial charge in [-0.2, -0.15) is 0 Å². The topological polar surface area (TPSA) is 58.6 Å². The van der Waals surface area contributed by atoms with Crippen molar-refractivity contribution in [2.75, 3.05) is 25.5 Å². The van der Waals surface area contributed by atoms with Gasteiger partial charge in [-0.15, -0.1) is 11.3 Å². The van der Waals surface area contributed by atoms with Crippen LogP contribution in [0.4, 0.5) is 5.00 Å². The smallest absolute Gasteiger partial charge is 0.341 e. The van der Waals surface area contributed by atoms with Crippen LogP contribution in [0.15, 0.2) is 30.3 Å². The molecule has 1 aromatic carbocycles. The number of methoxy groups -OCH3 is 1. The third kappa shape index (κ3) is 3.20. The number of amides is 1. The second kappa shape index (κ2) is 7.15. The van der Waals surface area contributed by atoms with Crippen LogP contribution in [0.1, 0.15) is 38.1 Å². The van der Waals surface area contributed by atoms with Crippen LogP contribution >= 0.6 is 11.3 Å². The molecule has 1 aliphatic heterocycles. The first-order chi connectivity index (χ1) is 11.6. The van der Waals surface area contributed by atoms with Crippen LogP contribution in [0.3, 0.4) is 0 Å². The minimum absolute atomic E-state index is 0.216. The van der Waals surface area contributed by atoms with E-state index in [1.165, 1.54) is 18.4 Å². The van der Waals surface area contributed by atoms with E-state index in [1.807, 2.05) is 18.2 Å². The lowest BCUT2D eigenvalue weighted by molar-refractivity contribution is 0.0600. The van der Waals surface area contributed by atoms with Crippen molar-refractivity contribution in [3.05, 3.63) is 51.9 Å². The molecule has 6 heteroatoms. The maximum absolute atomic E-state index is 12.4. The molecule has 0 aliphatic carbocycles. The zero-order chi connectivity index (χ0) is 17.1. The third-order valence-corrected chi connectivity index (χ3v) is 5.37. The lowest BCUT2D eigenvalue weighted by atomic mass is 10.0. The summed E-state index contributed by atoms with van der Waals surface area (Å²) in [6.45, 7) is 4.81. The second-order valence-electron chi connectivity index (χ2n) is 5.64. The van der Waals surface area contributed by atoms with E-state index in [0.717, 1.165) is 36.5 Å². The monoisotopic (exact) mass is 344 g/mol. The van der Waals surface area contributed by atoms with Gasteiger partial charge in [0.1, 0.15) is 5.00 Å². The molecule has 1 aliphatic rings. The van der Waals surface area contributed by atoms with Gasteiger partial charge < -0.3 is 10.1 Å². The number of carbonyl (C=O) groups is 2. The van der Waals surface area contributed by atoms with Crippen molar-refractivity contribution in [2.24, 2.45) is 0 Å². The van der Waals surface area contributed by atoms with Gasteiger partial charge in [0, 0.05) is 23.5 Å². The Morgan fingerprint density at radius 1 is 1.29 bits per heavy atom. The molecule has 2 aromatic rings. The Kier molecular flexibility index (Phi) is 4.97. The number of ether oxygens (including phenoxy) is 1. The molecule has 0 saturated carbocycles. The fourth-order valence-corrected chi connectivity index (χ4v) is 4.17. The van der Waals surface area contributed by atoms with Crippen LogP contribution in [0.5, 0.6) is 0 Å². The number of thiophene rings is 1. The van der Waals surface area contributed by atoms with Crippen LogP contribution < -0.4 is 5.32 Å². The lowest BCUT2D eigenvalue weighted by Crippen LogP contribution is -2.29. The van der Waals surface area contributed by atoms with E-state index in [9.17, 15) is 9.59 Å². The quantitative estimate of drug-likeness (QED) is 0.866. The van der Waals surface area contributed by atoms with Gasteiger partial charge in [0.2, 0.25) is 0 Å². The van der Waals surface area contributed by atoms with Gasteiger partial charge in [0.15, 0.2) is 0 Å². The Bertz CT molecular complexity index is 755. The van der Waals surface area contributed by atoms with Crippen LogP contribution in [-0.4, -0.2) is 37.0 Å². The molecule has 1 aromatic heterocycles. The van der Waals surface area contributed by atoms with E-state index in [2.05, 4.69) is 17.1 Å². The standard InChI is InChI=1S/C18H20N2O3S/c1-3-20-10-9-13-14(11-20)24-17(15(13)18(22)23-2)19-16(21)12-7-5-4-6-8-12/h4-8H,3,9-11H2,1-2H3,(H,19,21). The fourth-order valence-electron chi connectivity index (χ4n) is 2.90. The van der Waals surface area contributed by atoms with Crippen LogP contribution in [0.25, 0.3) is 0 Å². The highest BCUT2D eigenvalue weighted by Crippen LogP contribution is 2.37.